The minimum atomic E-state index is -0.0860. The lowest BCUT2D eigenvalue weighted by atomic mass is 10.2. The number of thiophene rings is 1. The lowest BCUT2D eigenvalue weighted by Crippen LogP contribution is -2.21. The smallest absolute Gasteiger partial charge is 0.0728 e. The normalized spacial score (nSPS) is 12.3. The molecule has 0 amide bonds. The van der Waals surface area contributed by atoms with Crippen LogP contribution in [0.2, 0.25) is 0 Å². The fourth-order valence-electron chi connectivity index (χ4n) is 1.71. The lowest BCUT2D eigenvalue weighted by Gasteiger charge is -2.19. The van der Waals surface area contributed by atoms with Crippen LogP contribution in [0.3, 0.4) is 0 Å². The topological polar surface area (TPSA) is 30.5 Å². The maximum Gasteiger partial charge on any atom is 0.0728 e. The standard InChI is InChI=1S/C16H29NO2S/c1-12(2)17-10-15-9-14(13(3)20-15)11-18-7-8-19-16(4,5)6/h9,12,17H,7-8,10-11H2,1-6H3. The van der Waals surface area contributed by atoms with Gasteiger partial charge in [-0.3, -0.25) is 0 Å². The highest BCUT2D eigenvalue weighted by Crippen LogP contribution is 2.22. The Hall–Kier alpha value is -0.420. The molecule has 3 nitrogen and oxygen atoms in total. The van der Waals surface area contributed by atoms with Crippen molar-refractivity contribution in [2.45, 2.75) is 66.3 Å². The molecule has 0 aliphatic carbocycles. The van der Waals surface area contributed by atoms with Crippen molar-refractivity contribution in [3.8, 4) is 0 Å². The maximum absolute atomic E-state index is 5.70. The quantitative estimate of drug-likeness (QED) is 0.739. The molecule has 0 radical (unpaired) electrons. The Bertz CT molecular complexity index is 394. The zero-order valence-electron chi connectivity index (χ0n) is 13.7. The SMILES string of the molecule is Cc1sc(CNC(C)C)cc1COCCOC(C)(C)C. The molecule has 1 rings (SSSR count). The molecule has 4 heteroatoms. The second-order valence-electron chi connectivity index (χ2n) is 6.34. The Labute approximate surface area is 127 Å². The third kappa shape index (κ3) is 7.39. The summed E-state index contributed by atoms with van der Waals surface area (Å²) in [5.41, 5.74) is 1.21. The summed E-state index contributed by atoms with van der Waals surface area (Å²) >= 11 is 1.85. The van der Waals surface area contributed by atoms with Crippen molar-refractivity contribution in [3.63, 3.8) is 0 Å². The van der Waals surface area contributed by atoms with Crippen molar-refractivity contribution >= 4 is 11.3 Å². The van der Waals surface area contributed by atoms with Gasteiger partial charge in [-0.2, -0.15) is 0 Å². The number of aryl methyl sites for hydroxylation is 1. The Kier molecular flexibility index (Phi) is 7.17. The van der Waals surface area contributed by atoms with Crippen LogP contribution < -0.4 is 5.32 Å². The summed E-state index contributed by atoms with van der Waals surface area (Å²) in [5.74, 6) is 0. The van der Waals surface area contributed by atoms with E-state index in [1.165, 1.54) is 15.3 Å². The van der Waals surface area contributed by atoms with E-state index in [1.807, 2.05) is 11.3 Å². The zero-order chi connectivity index (χ0) is 15.2. The van der Waals surface area contributed by atoms with Crippen LogP contribution in [-0.2, 0) is 22.6 Å². The Balaban J connectivity index is 2.30. The molecular formula is C16H29NO2S. The van der Waals surface area contributed by atoms with Gasteiger partial charge in [0.05, 0.1) is 25.4 Å². The molecule has 0 saturated heterocycles. The summed E-state index contributed by atoms with van der Waals surface area (Å²) in [4.78, 5) is 2.73. The summed E-state index contributed by atoms with van der Waals surface area (Å²) < 4.78 is 11.3. The van der Waals surface area contributed by atoms with E-state index in [-0.39, 0.29) is 5.60 Å². The van der Waals surface area contributed by atoms with E-state index < -0.39 is 0 Å². The predicted molar refractivity (Wildman–Crippen MR) is 86.4 cm³/mol. The van der Waals surface area contributed by atoms with Gasteiger partial charge >= 0.3 is 0 Å². The van der Waals surface area contributed by atoms with E-state index >= 15 is 0 Å². The van der Waals surface area contributed by atoms with Crippen LogP contribution in [0.5, 0.6) is 0 Å². The van der Waals surface area contributed by atoms with Crippen LogP contribution in [-0.4, -0.2) is 24.9 Å². The molecule has 0 aliphatic heterocycles. The molecule has 116 valence electrons. The van der Waals surface area contributed by atoms with Gasteiger partial charge in [-0.25, -0.2) is 0 Å². The highest BCUT2D eigenvalue weighted by Gasteiger charge is 2.10. The first-order chi connectivity index (χ1) is 9.28. The van der Waals surface area contributed by atoms with Gasteiger partial charge in [-0.15, -0.1) is 11.3 Å². The zero-order valence-corrected chi connectivity index (χ0v) is 14.5. The summed E-state index contributed by atoms with van der Waals surface area (Å²) in [7, 11) is 0. The maximum atomic E-state index is 5.70. The molecule has 20 heavy (non-hydrogen) atoms. The molecule has 1 aromatic heterocycles. The van der Waals surface area contributed by atoms with Gasteiger partial charge in [-0.1, -0.05) is 13.8 Å². The van der Waals surface area contributed by atoms with Gasteiger partial charge < -0.3 is 14.8 Å². The molecule has 0 bridgehead atoms. The molecule has 0 fully saturated rings. The summed E-state index contributed by atoms with van der Waals surface area (Å²) in [6.45, 7) is 15.6. The van der Waals surface area contributed by atoms with Crippen molar-refractivity contribution in [1.82, 2.24) is 5.32 Å². The number of ether oxygens (including phenoxy) is 2. The van der Waals surface area contributed by atoms with Crippen LogP contribution in [0.15, 0.2) is 6.07 Å². The Morgan fingerprint density at radius 1 is 1.25 bits per heavy atom. The van der Waals surface area contributed by atoms with E-state index in [2.05, 4.69) is 52.9 Å². The fourth-order valence-corrected chi connectivity index (χ4v) is 2.71. The van der Waals surface area contributed by atoms with Crippen LogP contribution in [0.25, 0.3) is 0 Å². The first-order valence-electron chi connectivity index (χ1n) is 7.31. The lowest BCUT2D eigenvalue weighted by molar-refractivity contribution is -0.0377. The second-order valence-corrected chi connectivity index (χ2v) is 7.68. The number of hydrogen-bond donors (Lipinski definition) is 1. The summed E-state index contributed by atoms with van der Waals surface area (Å²) in [6.07, 6.45) is 0. The third-order valence-electron chi connectivity index (χ3n) is 2.78. The van der Waals surface area contributed by atoms with E-state index in [0.29, 0.717) is 25.9 Å². The van der Waals surface area contributed by atoms with E-state index in [1.54, 1.807) is 0 Å². The van der Waals surface area contributed by atoms with Gasteiger partial charge in [0.1, 0.15) is 0 Å². The Morgan fingerprint density at radius 2 is 1.95 bits per heavy atom. The number of rotatable bonds is 8. The summed E-state index contributed by atoms with van der Waals surface area (Å²) in [6, 6.07) is 2.77. The number of nitrogens with one attached hydrogen (secondary N) is 1. The molecule has 1 aromatic rings. The molecule has 1 N–H and O–H groups in total. The third-order valence-corrected chi connectivity index (χ3v) is 3.87. The molecule has 1 heterocycles. The molecule has 0 aliphatic rings. The van der Waals surface area contributed by atoms with Crippen molar-refractivity contribution in [3.05, 3.63) is 21.4 Å². The van der Waals surface area contributed by atoms with Crippen molar-refractivity contribution in [1.29, 1.82) is 0 Å². The molecule has 0 atom stereocenters. The Morgan fingerprint density at radius 3 is 2.55 bits per heavy atom. The first-order valence-corrected chi connectivity index (χ1v) is 8.13. The molecule has 0 unspecified atom stereocenters. The van der Waals surface area contributed by atoms with Crippen LogP contribution in [0, 0.1) is 6.92 Å². The van der Waals surface area contributed by atoms with Crippen molar-refractivity contribution in [2.75, 3.05) is 13.2 Å². The number of hydrogen-bond acceptors (Lipinski definition) is 4. The van der Waals surface area contributed by atoms with Crippen molar-refractivity contribution < 1.29 is 9.47 Å². The molecular weight excluding hydrogens is 270 g/mol. The highest BCUT2D eigenvalue weighted by molar-refractivity contribution is 7.12. The predicted octanol–water partition coefficient (Wildman–Crippen LogP) is 3.89. The fraction of sp³-hybridized carbons (Fsp3) is 0.750. The van der Waals surface area contributed by atoms with Gasteiger partial charge in [0, 0.05) is 22.3 Å². The first kappa shape index (κ1) is 17.6. The minimum absolute atomic E-state index is 0.0860. The molecule has 0 spiro atoms. The van der Waals surface area contributed by atoms with E-state index in [0.717, 1.165) is 6.54 Å². The average Bonchev–Trinajstić information content (AvgIpc) is 2.66. The van der Waals surface area contributed by atoms with Gasteiger partial charge in [-0.05, 0) is 39.3 Å². The molecule has 0 saturated carbocycles. The van der Waals surface area contributed by atoms with E-state index in [4.69, 9.17) is 9.47 Å². The van der Waals surface area contributed by atoms with Crippen molar-refractivity contribution in [2.24, 2.45) is 0 Å². The van der Waals surface area contributed by atoms with Gasteiger partial charge in [0.25, 0.3) is 0 Å². The highest BCUT2D eigenvalue weighted by atomic mass is 32.1. The molecule has 0 aromatic carbocycles. The van der Waals surface area contributed by atoms with E-state index in [9.17, 15) is 0 Å². The summed E-state index contributed by atoms with van der Waals surface area (Å²) in [5, 5.41) is 3.44. The second kappa shape index (κ2) is 8.13. The monoisotopic (exact) mass is 299 g/mol. The van der Waals surface area contributed by atoms with Gasteiger partial charge in [0.2, 0.25) is 0 Å². The largest absolute Gasteiger partial charge is 0.374 e. The average molecular weight is 299 g/mol. The van der Waals surface area contributed by atoms with Crippen LogP contribution in [0.4, 0.5) is 0 Å². The van der Waals surface area contributed by atoms with Crippen LogP contribution in [0.1, 0.15) is 49.9 Å². The minimum Gasteiger partial charge on any atom is -0.374 e. The van der Waals surface area contributed by atoms with Crippen LogP contribution >= 0.6 is 11.3 Å². The van der Waals surface area contributed by atoms with Gasteiger partial charge in [0.15, 0.2) is 0 Å².